The molecule has 0 heterocycles. The molecule has 8 heteroatoms. The van der Waals surface area contributed by atoms with E-state index in [2.05, 4.69) is 99.9 Å². The van der Waals surface area contributed by atoms with Gasteiger partial charge in [-0.25, -0.2) is 17.6 Å². The molecule has 0 saturated carbocycles. The van der Waals surface area contributed by atoms with Crippen LogP contribution in [0.2, 0.25) is 39.3 Å². The van der Waals surface area contributed by atoms with Crippen molar-refractivity contribution in [1.29, 1.82) is 0 Å². The van der Waals surface area contributed by atoms with Crippen LogP contribution < -0.4 is 20.2 Å². The summed E-state index contributed by atoms with van der Waals surface area (Å²) in [7, 11) is -3.43. The average molecular weight is 961 g/mol. The van der Waals surface area contributed by atoms with Crippen LogP contribution in [0.5, 0.6) is 0 Å². The Labute approximate surface area is 410 Å². The van der Waals surface area contributed by atoms with Crippen LogP contribution in [-0.4, -0.2) is 16.1 Å². The zero-order chi connectivity index (χ0) is 49.6. The molecule has 0 spiro atoms. The van der Waals surface area contributed by atoms with E-state index < -0.39 is 39.4 Å². The van der Waals surface area contributed by atoms with Gasteiger partial charge in [0.1, 0.15) is 23.3 Å². The first kappa shape index (κ1) is 46.7. The molecule has 0 amide bonds. The van der Waals surface area contributed by atoms with Crippen molar-refractivity contribution in [3.8, 4) is 22.3 Å². The molecule has 0 saturated heterocycles. The Bertz CT molecular complexity index is 3420. The normalized spacial score (nSPS) is 12.1. The van der Waals surface area contributed by atoms with Gasteiger partial charge < -0.3 is 9.80 Å². The van der Waals surface area contributed by atoms with Gasteiger partial charge in [0.25, 0.3) is 0 Å². The number of rotatable bonds is 10. The molecule has 0 fully saturated rings. The Morgan fingerprint density at radius 2 is 0.686 bits per heavy atom. The maximum Gasteiger partial charge on any atom is 0.150 e. The third-order valence-electron chi connectivity index (χ3n) is 14.0. The second kappa shape index (κ2) is 17.4. The predicted molar refractivity (Wildman–Crippen MR) is 295 cm³/mol. The molecule has 0 radical (unpaired) electrons. The SMILES string of the molecule is Cc1ccc(-c2cc(N(c3ccc([Si](C)(C)C)cc3)c3ccc4ccc5c(N(c6ccc([Si](C)(C)C)cc6)c6cc(-c7ccc(C)cc7C)c(F)cc6F)ccc6ccc3c4c65)c(F)cc2F)c(C)c1. The maximum absolute atomic E-state index is 16.9. The quantitative estimate of drug-likeness (QED) is 0.0766. The summed E-state index contributed by atoms with van der Waals surface area (Å²) in [5.41, 5.74) is 9.22. The van der Waals surface area contributed by atoms with Crippen LogP contribution in [0.1, 0.15) is 22.3 Å². The predicted octanol–water partition coefficient (Wildman–Crippen LogP) is 17.7. The van der Waals surface area contributed by atoms with Crippen LogP contribution in [0.4, 0.5) is 51.7 Å². The average Bonchev–Trinajstić information content (AvgIpc) is 3.30. The number of benzene rings is 10. The Morgan fingerprint density at radius 3 is 1.03 bits per heavy atom. The highest BCUT2D eigenvalue weighted by Crippen LogP contribution is 2.49. The van der Waals surface area contributed by atoms with Gasteiger partial charge in [-0.2, -0.15) is 0 Å². The number of aryl methyl sites for hydroxylation is 4. The molecule has 0 N–H and O–H groups in total. The van der Waals surface area contributed by atoms with Gasteiger partial charge in [0.2, 0.25) is 0 Å². The minimum absolute atomic E-state index is 0.215. The van der Waals surface area contributed by atoms with Gasteiger partial charge >= 0.3 is 0 Å². The molecular formula is C62H56F4N2Si2. The van der Waals surface area contributed by atoms with Crippen molar-refractivity contribution in [3.05, 3.63) is 203 Å². The minimum Gasteiger partial charge on any atom is -0.307 e. The van der Waals surface area contributed by atoms with Gasteiger partial charge in [0, 0.05) is 45.4 Å². The highest BCUT2D eigenvalue weighted by atomic mass is 28.3. The van der Waals surface area contributed by atoms with E-state index in [9.17, 15) is 0 Å². The van der Waals surface area contributed by atoms with Crippen molar-refractivity contribution < 1.29 is 17.6 Å². The van der Waals surface area contributed by atoms with Crippen molar-refractivity contribution >= 4 is 93.0 Å². The zero-order valence-electron chi connectivity index (χ0n) is 41.4. The monoisotopic (exact) mass is 960 g/mol. The van der Waals surface area contributed by atoms with Crippen LogP contribution in [0.3, 0.4) is 0 Å². The standard InChI is InChI=1S/C62H56F4N2Si2/c1-37-11-25-47(39(3)31-37)51-33-59(55(65)35-53(51)63)67(43-17-21-45(22-18-43)69(5,6)7)57-29-15-41-14-28-50-58(30-16-42-13-27-49(57)61(41)62(42)50)68(44-19-23-46(24-20-44)70(8,9)10)60-34-52(54(64)36-56(60)66)48-26-12-38(2)32-40(48)4/h11-36H,1-10H3. The molecule has 0 unspecified atom stereocenters. The number of halogens is 4. The number of hydrogen-bond acceptors (Lipinski definition) is 2. The van der Waals surface area contributed by atoms with Crippen LogP contribution in [0, 0.1) is 51.0 Å². The van der Waals surface area contributed by atoms with Crippen LogP contribution >= 0.6 is 0 Å². The molecule has 10 aromatic rings. The van der Waals surface area contributed by atoms with Gasteiger partial charge in [0.15, 0.2) is 0 Å². The number of nitrogens with zero attached hydrogens (tertiary/aromatic N) is 2. The summed E-state index contributed by atoms with van der Waals surface area (Å²) in [5.74, 6) is -2.65. The van der Waals surface area contributed by atoms with E-state index in [4.69, 9.17) is 0 Å². The number of anilines is 6. The Kier molecular flexibility index (Phi) is 11.6. The molecule has 10 aromatic carbocycles. The van der Waals surface area contributed by atoms with Crippen molar-refractivity contribution in [2.24, 2.45) is 0 Å². The van der Waals surface area contributed by atoms with Crippen molar-refractivity contribution in [1.82, 2.24) is 0 Å². The first-order valence-electron chi connectivity index (χ1n) is 23.9. The summed E-state index contributed by atoms with van der Waals surface area (Å²) in [5, 5.41) is 8.05. The topological polar surface area (TPSA) is 6.48 Å². The van der Waals surface area contributed by atoms with Gasteiger partial charge in [-0.15, -0.1) is 0 Å². The lowest BCUT2D eigenvalue weighted by atomic mass is 9.91. The van der Waals surface area contributed by atoms with Gasteiger partial charge in [0.05, 0.1) is 38.9 Å². The third kappa shape index (κ3) is 8.26. The molecule has 0 aliphatic carbocycles. The summed E-state index contributed by atoms with van der Waals surface area (Å²) < 4.78 is 65.9. The van der Waals surface area contributed by atoms with E-state index in [1.54, 1.807) is 12.1 Å². The van der Waals surface area contributed by atoms with Gasteiger partial charge in [-0.3, -0.25) is 0 Å². The van der Waals surface area contributed by atoms with E-state index in [1.165, 1.54) is 10.4 Å². The number of hydrogen-bond donors (Lipinski definition) is 0. The van der Waals surface area contributed by atoms with Gasteiger partial charge in [-0.1, -0.05) is 158 Å². The summed E-state index contributed by atoms with van der Waals surface area (Å²) in [6.45, 7) is 21.7. The Morgan fingerprint density at radius 1 is 0.329 bits per heavy atom. The zero-order valence-corrected chi connectivity index (χ0v) is 43.4. The Hall–Kier alpha value is -7.01. The molecule has 10 rings (SSSR count). The van der Waals surface area contributed by atoms with Crippen LogP contribution in [-0.2, 0) is 0 Å². The molecule has 0 aliphatic rings. The lowest BCUT2D eigenvalue weighted by molar-refractivity contribution is 0.585. The Balaban J connectivity index is 1.23. The smallest absolute Gasteiger partial charge is 0.150 e. The summed E-state index contributed by atoms with van der Waals surface area (Å²) in [4.78, 5) is 3.83. The second-order valence-electron chi connectivity index (χ2n) is 21.1. The third-order valence-corrected chi connectivity index (χ3v) is 18.1. The second-order valence-corrected chi connectivity index (χ2v) is 31.2. The fraction of sp³-hybridized carbons (Fsp3) is 0.161. The fourth-order valence-corrected chi connectivity index (χ4v) is 12.6. The van der Waals surface area contributed by atoms with Crippen molar-refractivity contribution in [2.75, 3.05) is 9.80 Å². The molecule has 0 atom stereocenters. The maximum atomic E-state index is 16.9. The van der Waals surface area contributed by atoms with Crippen molar-refractivity contribution in [3.63, 3.8) is 0 Å². The van der Waals surface area contributed by atoms with Gasteiger partial charge in [-0.05, 0) is 120 Å². The van der Waals surface area contributed by atoms with E-state index >= 15 is 17.6 Å². The lowest BCUT2D eigenvalue weighted by Crippen LogP contribution is -2.37. The first-order valence-corrected chi connectivity index (χ1v) is 30.9. The minimum atomic E-state index is -1.71. The molecule has 0 aliphatic heterocycles. The van der Waals surface area contributed by atoms with E-state index in [1.807, 2.05) is 110 Å². The van der Waals surface area contributed by atoms with Crippen molar-refractivity contribution in [2.45, 2.75) is 67.0 Å². The fourth-order valence-electron chi connectivity index (χ4n) is 10.3. The molecule has 350 valence electrons. The first-order chi connectivity index (χ1) is 33.3. The molecule has 70 heavy (non-hydrogen) atoms. The summed E-state index contributed by atoms with van der Waals surface area (Å²) in [6, 6.07) is 50.2. The molecule has 0 aromatic heterocycles. The van der Waals surface area contributed by atoms with Crippen LogP contribution in [0.15, 0.2) is 158 Å². The summed E-state index contributed by atoms with van der Waals surface area (Å²) in [6.07, 6.45) is 0. The largest absolute Gasteiger partial charge is 0.307 e. The van der Waals surface area contributed by atoms with E-state index in [0.717, 1.165) is 78.1 Å². The van der Waals surface area contributed by atoms with E-state index in [-0.39, 0.29) is 11.4 Å². The highest BCUT2D eigenvalue weighted by Gasteiger charge is 2.28. The van der Waals surface area contributed by atoms with E-state index in [0.29, 0.717) is 33.6 Å². The molecule has 2 nitrogen and oxygen atoms in total. The highest BCUT2D eigenvalue weighted by molar-refractivity contribution is 6.89. The summed E-state index contributed by atoms with van der Waals surface area (Å²) >= 11 is 0. The lowest BCUT2D eigenvalue weighted by Gasteiger charge is -2.30. The van der Waals surface area contributed by atoms with Crippen LogP contribution in [0.25, 0.3) is 54.6 Å². The molecular weight excluding hydrogens is 905 g/mol. The molecule has 0 bridgehead atoms.